The Balaban J connectivity index is 1.15. The first-order chi connectivity index (χ1) is 27.7. The molecule has 56 heavy (non-hydrogen) atoms. The Morgan fingerprint density at radius 3 is 1.16 bits per heavy atom. The van der Waals surface area contributed by atoms with Crippen molar-refractivity contribution >= 4 is 64.6 Å². The lowest BCUT2D eigenvalue weighted by Gasteiger charge is -2.19. The standard InChI is InChI=1S/C56H34/c1-3-9-35(10-4-1)43-25-27-48(52(34-43)49-28-22-42-20-18-38-14-8-16-40-24-30-51(49)56(42)54(38)40)46-32-44(36-11-5-2-6-12-36)31-45(33-46)47-26-21-41-19-17-37-13-7-15-39-23-29-50(47)55(41)53(37)39/h1-34H. The fourth-order valence-corrected chi connectivity index (χ4v) is 9.52. The molecular formula is C56H34. The van der Waals surface area contributed by atoms with Crippen molar-refractivity contribution in [2.45, 2.75) is 0 Å². The van der Waals surface area contributed by atoms with Crippen LogP contribution in [0.2, 0.25) is 0 Å². The molecule has 0 fully saturated rings. The molecule has 0 amide bonds. The van der Waals surface area contributed by atoms with E-state index in [4.69, 9.17) is 0 Å². The van der Waals surface area contributed by atoms with Crippen LogP contribution in [0.25, 0.3) is 120 Å². The van der Waals surface area contributed by atoms with E-state index in [2.05, 4.69) is 206 Å². The first-order valence-electron chi connectivity index (χ1n) is 19.5. The minimum absolute atomic E-state index is 1.20. The molecule has 12 aromatic rings. The predicted molar refractivity (Wildman–Crippen MR) is 241 cm³/mol. The summed E-state index contributed by atoms with van der Waals surface area (Å²) in [7, 11) is 0. The number of benzene rings is 12. The average Bonchev–Trinajstić information content (AvgIpc) is 3.27. The van der Waals surface area contributed by atoms with Crippen LogP contribution >= 0.6 is 0 Å². The van der Waals surface area contributed by atoms with E-state index in [1.54, 1.807) is 0 Å². The molecular weight excluding hydrogens is 673 g/mol. The Hall–Kier alpha value is -7.28. The third-order valence-electron chi connectivity index (χ3n) is 12.1. The monoisotopic (exact) mass is 706 g/mol. The molecule has 0 heteroatoms. The lowest BCUT2D eigenvalue weighted by molar-refractivity contribution is 1.56. The highest BCUT2D eigenvalue weighted by Crippen LogP contribution is 2.46. The van der Waals surface area contributed by atoms with Gasteiger partial charge in [-0.15, -0.1) is 0 Å². The van der Waals surface area contributed by atoms with Crippen LogP contribution in [-0.2, 0) is 0 Å². The summed E-state index contributed by atoms with van der Waals surface area (Å²) in [6.07, 6.45) is 0. The first kappa shape index (κ1) is 31.1. The van der Waals surface area contributed by atoms with E-state index in [1.165, 1.54) is 120 Å². The van der Waals surface area contributed by atoms with Gasteiger partial charge in [-0.1, -0.05) is 182 Å². The molecule has 0 spiro atoms. The Morgan fingerprint density at radius 2 is 0.589 bits per heavy atom. The third kappa shape index (κ3) is 4.73. The molecule has 0 bridgehead atoms. The van der Waals surface area contributed by atoms with Crippen molar-refractivity contribution in [3.63, 3.8) is 0 Å². The fourth-order valence-electron chi connectivity index (χ4n) is 9.52. The van der Waals surface area contributed by atoms with Crippen molar-refractivity contribution in [2.75, 3.05) is 0 Å². The van der Waals surface area contributed by atoms with Crippen LogP contribution in [0.1, 0.15) is 0 Å². The lowest BCUT2D eigenvalue weighted by Crippen LogP contribution is -1.93. The van der Waals surface area contributed by atoms with Crippen LogP contribution in [0.5, 0.6) is 0 Å². The zero-order chi connectivity index (χ0) is 36.7. The van der Waals surface area contributed by atoms with Gasteiger partial charge in [0.2, 0.25) is 0 Å². The van der Waals surface area contributed by atoms with Gasteiger partial charge in [0, 0.05) is 0 Å². The van der Waals surface area contributed by atoms with Gasteiger partial charge in [0.05, 0.1) is 0 Å². The minimum atomic E-state index is 1.20. The van der Waals surface area contributed by atoms with E-state index in [9.17, 15) is 0 Å². The summed E-state index contributed by atoms with van der Waals surface area (Å²) in [5.41, 5.74) is 12.2. The Morgan fingerprint density at radius 1 is 0.179 bits per heavy atom. The second kappa shape index (κ2) is 12.1. The first-order valence-corrected chi connectivity index (χ1v) is 19.5. The SMILES string of the molecule is c1ccc(-c2cc(-c3ccc(-c4ccccc4)cc3-c3ccc4ccc5cccc6ccc3c4c56)cc(-c3ccc4ccc5cccc6ccc3c4c56)c2)cc1. The largest absolute Gasteiger partial charge is 0.0622 e. The van der Waals surface area contributed by atoms with E-state index in [0.717, 1.165) is 0 Å². The van der Waals surface area contributed by atoms with Gasteiger partial charge in [0.1, 0.15) is 0 Å². The number of hydrogen-bond acceptors (Lipinski definition) is 0. The molecule has 0 saturated heterocycles. The highest BCUT2D eigenvalue weighted by molar-refractivity contribution is 6.27. The zero-order valence-corrected chi connectivity index (χ0v) is 30.6. The van der Waals surface area contributed by atoms with Gasteiger partial charge in [-0.2, -0.15) is 0 Å². The maximum absolute atomic E-state index is 2.43. The molecule has 0 atom stereocenters. The molecule has 0 saturated carbocycles. The molecule has 0 aliphatic carbocycles. The highest BCUT2D eigenvalue weighted by atomic mass is 14.2. The highest BCUT2D eigenvalue weighted by Gasteiger charge is 2.19. The van der Waals surface area contributed by atoms with Gasteiger partial charge >= 0.3 is 0 Å². The Labute approximate surface area is 325 Å². The molecule has 0 N–H and O–H groups in total. The average molecular weight is 707 g/mol. The Kier molecular flexibility index (Phi) is 6.73. The van der Waals surface area contributed by atoms with Crippen LogP contribution in [0.4, 0.5) is 0 Å². The maximum atomic E-state index is 2.43. The summed E-state index contributed by atoms with van der Waals surface area (Å²) < 4.78 is 0. The van der Waals surface area contributed by atoms with Gasteiger partial charge in [-0.05, 0) is 145 Å². The van der Waals surface area contributed by atoms with Crippen LogP contribution in [-0.4, -0.2) is 0 Å². The molecule has 0 nitrogen and oxygen atoms in total. The summed E-state index contributed by atoms with van der Waals surface area (Å²) in [4.78, 5) is 0. The van der Waals surface area contributed by atoms with Gasteiger partial charge in [0.25, 0.3) is 0 Å². The lowest BCUT2D eigenvalue weighted by atomic mass is 9.84. The number of rotatable bonds is 5. The molecule has 0 radical (unpaired) electrons. The molecule has 0 aromatic heterocycles. The van der Waals surface area contributed by atoms with E-state index in [1.807, 2.05) is 0 Å². The van der Waals surface area contributed by atoms with Crippen molar-refractivity contribution in [3.8, 4) is 55.6 Å². The molecule has 0 unspecified atom stereocenters. The topological polar surface area (TPSA) is 0 Å². The molecule has 12 aromatic carbocycles. The predicted octanol–water partition coefficient (Wildman–Crippen LogP) is 15.8. The quantitative estimate of drug-likeness (QED) is 0.156. The second-order valence-electron chi connectivity index (χ2n) is 15.2. The number of hydrogen-bond donors (Lipinski definition) is 0. The summed E-state index contributed by atoms with van der Waals surface area (Å²) in [6.45, 7) is 0. The molecule has 0 aliphatic rings. The van der Waals surface area contributed by atoms with Crippen LogP contribution in [0, 0.1) is 0 Å². The van der Waals surface area contributed by atoms with Gasteiger partial charge in [0.15, 0.2) is 0 Å². The van der Waals surface area contributed by atoms with Crippen LogP contribution in [0.3, 0.4) is 0 Å². The minimum Gasteiger partial charge on any atom is -0.0622 e. The van der Waals surface area contributed by atoms with Gasteiger partial charge < -0.3 is 0 Å². The van der Waals surface area contributed by atoms with Crippen molar-refractivity contribution in [3.05, 3.63) is 206 Å². The maximum Gasteiger partial charge on any atom is -0.00206 e. The molecule has 0 aliphatic heterocycles. The van der Waals surface area contributed by atoms with Gasteiger partial charge in [-0.25, -0.2) is 0 Å². The van der Waals surface area contributed by atoms with Crippen molar-refractivity contribution in [1.82, 2.24) is 0 Å². The van der Waals surface area contributed by atoms with Crippen molar-refractivity contribution < 1.29 is 0 Å². The van der Waals surface area contributed by atoms with Crippen molar-refractivity contribution in [1.29, 1.82) is 0 Å². The molecule has 12 rings (SSSR count). The van der Waals surface area contributed by atoms with Crippen molar-refractivity contribution in [2.24, 2.45) is 0 Å². The Bertz CT molecular complexity index is 3410. The normalized spacial score (nSPS) is 11.9. The summed E-state index contributed by atoms with van der Waals surface area (Å²) in [6, 6.07) is 76.9. The third-order valence-corrected chi connectivity index (χ3v) is 12.1. The van der Waals surface area contributed by atoms with E-state index in [0.29, 0.717) is 0 Å². The summed E-state index contributed by atoms with van der Waals surface area (Å²) >= 11 is 0. The zero-order valence-electron chi connectivity index (χ0n) is 30.6. The second-order valence-corrected chi connectivity index (χ2v) is 15.2. The van der Waals surface area contributed by atoms with Crippen LogP contribution in [0.15, 0.2) is 206 Å². The van der Waals surface area contributed by atoms with E-state index >= 15 is 0 Å². The van der Waals surface area contributed by atoms with E-state index < -0.39 is 0 Å². The molecule has 0 heterocycles. The summed E-state index contributed by atoms with van der Waals surface area (Å²) in [5.74, 6) is 0. The molecule has 258 valence electrons. The summed E-state index contributed by atoms with van der Waals surface area (Å²) in [5, 5.41) is 15.6. The smallest absolute Gasteiger partial charge is 0.00206 e. The fraction of sp³-hybridized carbons (Fsp3) is 0. The van der Waals surface area contributed by atoms with Crippen LogP contribution < -0.4 is 0 Å². The van der Waals surface area contributed by atoms with E-state index in [-0.39, 0.29) is 0 Å². The van der Waals surface area contributed by atoms with Gasteiger partial charge in [-0.3, -0.25) is 0 Å².